The first-order chi connectivity index (χ1) is 8.00. The molecule has 0 aromatic carbocycles. The van der Waals surface area contributed by atoms with E-state index in [4.69, 9.17) is 0 Å². The van der Waals surface area contributed by atoms with Crippen molar-refractivity contribution in [3.05, 3.63) is 26.9 Å². The summed E-state index contributed by atoms with van der Waals surface area (Å²) in [6.45, 7) is 7.21. The lowest BCUT2D eigenvalue weighted by Crippen LogP contribution is -2.33. The number of rotatable bonds is 6. The van der Waals surface area contributed by atoms with Gasteiger partial charge in [-0.25, -0.2) is 0 Å². The lowest BCUT2D eigenvalue weighted by Gasteiger charge is -2.20. The smallest absolute Gasteiger partial charge is 0.0684 e. The van der Waals surface area contributed by atoms with Crippen LogP contribution in [0.15, 0.2) is 21.2 Å². The summed E-state index contributed by atoms with van der Waals surface area (Å²) >= 11 is 6.90. The van der Waals surface area contributed by atoms with Gasteiger partial charge in [0.1, 0.15) is 0 Å². The minimum Gasteiger partial charge on any atom is -0.310 e. The van der Waals surface area contributed by atoms with E-state index in [1.165, 1.54) is 0 Å². The maximum Gasteiger partial charge on any atom is 0.0684 e. The molecule has 17 heavy (non-hydrogen) atoms. The number of nitrogens with one attached hydrogen (secondary N) is 1. The van der Waals surface area contributed by atoms with Crippen LogP contribution in [0.1, 0.15) is 19.5 Å². The molecule has 0 spiro atoms. The fraction of sp³-hybridized carbons (Fsp3) is 0.583. The number of hydrogen-bond acceptors (Lipinski definition) is 3. The van der Waals surface area contributed by atoms with Gasteiger partial charge in [-0.2, -0.15) is 0 Å². The van der Waals surface area contributed by atoms with E-state index < -0.39 is 0 Å². The van der Waals surface area contributed by atoms with Crippen LogP contribution in [0.2, 0.25) is 0 Å². The Kier molecular flexibility index (Phi) is 6.62. The molecule has 0 saturated heterocycles. The van der Waals surface area contributed by atoms with Crippen LogP contribution in [-0.2, 0) is 6.54 Å². The second kappa shape index (κ2) is 7.46. The van der Waals surface area contributed by atoms with Crippen molar-refractivity contribution in [2.45, 2.75) is 26.4 Å². The molecule has 0 radical (unpaired) electrons. The van der Waals surface area contributed by atoms with Gasteiger partial charge in [0, 0.05) is 40.8 Å². The number of likely N-dealkylation sites (N-methyl/N-ethyl adjacent to an activating group) is 1. The first-order valence-corrected chi connectivity index (χ1v) is 7.30. The number of nitrogens with zero attached hydrogens (tertiary/aromatic N) is 2. The molecular weight excluding hydrogens is 346 g/mol. The Morgan fingerprint density at radius 3 is 2.71 bits per heavy atom. The Hall–Kier alpha value is 0.0300. The van der Waals surface area contributed by atoms with Gasteiger partial charge in [0.05, 0.1) is 5.69 Å². The van der Waals surface area contributed by atoms with Crippen molar-refractivity contribution in [3.8, 4) is 0 Å². The van der Waals surface area contributed by atoms with Gasteiger partial charge in [-0.05, 0) is 58.8 Å². The van der Waals surface area contributed by atoms with E-state index in [1.54, 1.807) is 0 Å². The normalized spacial score (nSPS) is 11.5. The van der Waals surface area contributed by atoms with E-state index in [0.717, 1.165) is 34.3 Å². The largest absolute Gasteiger partial charge is 0.310 e. The van der Waals surface area contributed by atoms with Crippen molar-refractivity contribution in [2.24, 2.45) is 0 Å². The number of pyridine rings is 1. The third kappa shape index (κ3) is 5.46. The topological polar surface area (TPSA) is 28.2 Å². The highest BCUT2D eigenvalue weighted by Crippen LogP contribution is 2.19. The zero-order valence-electron chi connectivity index (χ0n) is 10.5. The van der Waals surface area contributed by atoms with Crippen molar-refractivity contribution in [1.82, 2.24) is 15.2 Å². The van der Waals surface area contributed by atoms with Gasteiger partial charge in [0.25, 0.3) is 0 Å². The number of aromatic nitrogens is 1. The van der Waals surface area contributed by atoms with Crippen LogP contribution in [-0.4, -0.2) is 36.1 Å². The van der Waals surface area contributed by atoms with Crippen LogP contribution in [0.5, 0.6) is 0 Å². The Balaban J connectivity index is 2.31. The van der Waals surface area contributed by atoms with E-state index in [2.05, 4.69) is 68.0 Å². The van der Waals surface area contributed by atoms with Crippen molar-refractivity contribution >= 4 is 31.9 Å². The quantitative estimate of drug-likeness (QED) is 0.786. The number of hydrogen-bond donors (Lipinski definition) is 1. The van der Waals surface area contributed by atoms with Gasteiger partial charge in [-0.1, -0.05) is 0 Å². The molecule has 0 aliphatic carbocycles. The predicted molar refractivity (Wildman–Crippen MR) is 79.1 cm³/mol. The summed E-state index contributed by atoms with van der Waals surface area (Å²) in [7, 11) is 2.14. The molecule has 0 fully saturated rings. The molecule has 1 rings (SSSR count). The summed E-state index contributed by atoms with van der Waals surface area (Å²) in [5.74, 6) is 0. The van der Waals surface area contributed by atoms with Crippen molar-refractivity contribution in [2.75, 3.05) is 20.1 Å². The lowest BCUT2D eigenvalue weighted by atomic mass is 10.3. The average Bonchev–Trinajstić information content (AvgIpc) is 2.26. The second-order valence-electron chi connectivity index (χ2n) is 4.33. The van der Waals surface area contributed by atoms with Crippen LogP contribution >= 0.6 is 31.9 Å². The zero-order chi connectivity index (χ0) is 12.8. The molecule has 0 saturated carbocycles. The van der Waals surface area contributed by atoms with Gasteiger partial charge in [0.15, 0.2) is 0 Å². The van der Waals surface area contributed by atoms with E-state index in [1.807, 2.05) is 12.3 Å². The third-order valence-electron chi connectivity index (χ3n) is 2.70. The molecule has 0 unspecified atom stereocenters. The molecule has 5 heteroatoms. The number of halogens is 2. The van der Waals surface area contributed by atoms with Crippen LogP contribution in [0.4, 0.5) is 0 Å². The Bertz CT molecular complexity index is 356. The monoisotopic (exact) mass is 363 g/mol. The molecule has 0 aliphatic rings. The Labute approximate surface area is 120 Å². The summed E-state index contributed by atoms with van der Waals surface area (Å²) in [5, 5.41) is 3.40. The predicted octanol–water partition coefficient (Wildman–Crippen LogP) is 3.04. The van der Waals surface area contributed by atoms with E-state index in [9.17, 15) is 0 Å². The highest BCUT2D eigenvalue weighted by atomic mass is 79.9. The fourth-order valence-corrected chi connectivity index (χ4v) is 2.42. The van der Waals surface area contributed by atoms with E-state index in [-0.39, 0.29) is 0 Å². The summed E-state index contributed by atoms with van der Waals surface area (Å²) in [6, 6.07) is 2.61. The molecule has 0 bridgehead atoms. The van der Waals surface area contributed by atoms with Crippen molar-refractivity contribution in [3.63, 3.8) is 0 Å². The first kappa shape index (κ1) is 15.1. The minimum absolute atomic E-state index is 0.592. The summed E-state index contributed by atoms with van der Waals surface area (Å²) in [4.78, 5) is 6.68. The molecule has 0 aliphatic heterocycles. The molecule has 1 heterocycles. The van der Waals surface area contributed by atoms with Crippen molar-refractivity contribution < 1.29 is 0 Å². The fourth-order valence-electron chi connectivity index (χ4n) is 1.29. The average molecular weight is 365 g/mol. The zero-order valence-corrected chi connectivity index (χ0v) is 13.7. The summed E-state index contributed by atoms with van der Waals surface area (Å²) in [5.41, 5.74) is 1.04. The third-order valence-corrected chi connectivity index (χ3v) is 3.82. The SMILES string of the molecule is CC(C)N(C)CCNCc1ncc(Br)cc1Br. The van der Waals surface area contributed by atoms with Crippen LogP contribution < -0.4 is 5.32 Å². The van der Waals surface area contributed by atoms with Crippen LogP contribution in [0, 0.1) is 0 Å². The van der Waals surface area contributed by atoms with Gasteiger partial charge in [0.2, 0.25) is 0 Å². The van der Waals surface area contributed by atoms with Crippen LogP contribution in [0.25, 0.3) is 0 Å². The van der Waals surface area contributed by atoms with Crippen molar-refractivity contribution in [1.29, 1.82) is 0 Å². The molecular formula is C12H19Br2N3. The highest BCUT2D eigenvalue weighted by molar-refractivity contribution is 9.11. The standard InChI is InChI=1S/C12H19Br2N3/c1-9(2)17(3)5-4-15-8-12-11(14)6-10(13)7-16-12/h6-7,9,15H,4-5,8H2,1-3H3. The van der Waals surface area contributed by atoms with Gasteiger partial charge >= 0.3 is 0 Å². The highest BCUT2D eigenvalue weighted by Gasteiger charge is 2.04. The maximum absolute atomic E-state index is 4.36. The molecule has 1 aromatic heterocycles. The van der Waals surface area contributed by atoms with Crippen LogP contribution in [0.3, 0.4) is 0 Å². The molecule has 3 nitrogen and oxygen atoms in total. The summed E-state index contributed by atoms with van der Waals surface area (Å²) < 4.78 is 2.03. The Morgan fingerprint density at radius 1 is 1.41 bits per heavy atom. The molecule has 1 aromatic rings. The molecule has 96 valence electrons. The van der Waals surface area contributed by atoms with Gasteiger partial charge < -0.3 is 10.2 Å². The van der Waals surface area contributed by atoms with Gasteiger partial charge in [-0.3, -0.25) is 4.98 Å². The van der Waals surface area contributed by atoms with E-state index >= 15 is 0 Å². The van der Waals surface area contributed by atoms with E-state index in [0.29, 0.717) is 6.04 Å². The Morgan fingerprint density at radius 2 is 2.12 bits per heavy atom. The lowest BCUT2D eigenvalue weighted by molar-refractivity contribution is 0.273. The second-order valence-corrected chi connectivity index (χ2v) is 6.10. The van der Waals surface area contributed by atoms with Gasteiger partial charge in [-0.15, -0.1) is 0 Å². The maximum atomic E-state index is 4.36. The molecule has 0 atom stereocenters. The minimum atomic E-state index is 0.592. The summed E-state index contributed by atoms with van der Waals surface area (Å²) in [6.07, 6.45) is 1.82. The first-order valence-electron chi connectivity index (χ1n) is 5.71. The molecule has 0 amide bonds. The molecule has 1 N–H and O–H groups in total.